The molecule has 0 fully saturated rings. The maximum Gasteiger partial charge on any atom is 0.302 e. The Morgan fingerprint density at radius 2 is 1.64 bits per heavy atom. The topological polar surface area (TPSA) is 86.6 Å². The fourth-order valence-corrected chi connectivity index (χ4v) is 3.94. The highest BCUT2D eigenvalue weighted by Crippen LogP contribution is 2.25. The third-order valence-electron chi connectivity index (χ3n) is 5.75. The summed E-state index contributed by atoms with van der Waals surface area (Å²) in [6.45, 7) is 11.6. The van der Waals surface area contributed by atoms with Gasteiger partial charge in [-0.1, -0.05) is 50.2 Å². The molecular weight excluding hydrogens is 492 g/mol. The molecule has 0 aliphatic rings. The maximum absolute atomic E-state index is 13.5. The van der Waals surface area contributed by atoms with Crippen LogP contribution in [0.5, 0.6) is 5.75 Å². The van der Waals surface area contributed by atoms with E-state index in [2.05, 4.69) is 33.7 Å². The van der Waals surface area contributed by atoms with Crippen LogP contribution in [0, 0.1) is 0 Å². The molecule has 0 amide bonds. The molecule has 39 heavy (non-hydrogen) atoms. The number of benzene rings is 2. The Balaban J connectivity index is 0.000000590. The van der Waals surface area contributed by atoms with Crippen molar-refractivity contribution in [1.82, 2.24) is 14.5 Å². The number of pyridine rings is 1. The lowest BCUT2D eigenvalue weighted by Gasteiger charge is -2.26. The summed E-state index contributed by atoms with van der Waals surface area (Å²) in [5, 5.41) is 0.566. The minimum atomic E-state index is -0.211. The van der Waals surface area contributed by atoms with Crippen molar-refractivity contribution in [2.45, 2.75) is 54.1 Å². The molecule has 0 N–H and O–H groups in total. The SMILES string of the molecule is CC.CCN(Cc1ccncc1)c1nc2c(OC)cccc2c(=O)n1CCc1ccccc1.CCOC(C)=O. The first-order valence-corrected chi connectivity index (χ1v) is 13.4. The number of hydrogen-bond acceptors (Lipinski definition) is 7. The molecule has 0 aliphatic heterocycles. The van der Waals surface area contributed by atoms with E-state index >= 15 is 0 Å². The molecule has 0 atom stereocenters. The van der Waals surface area contributed by atoms with Crippen LogP contribution in [0.25, 0.3) is 10.9 Å². The first-order valence-electron chi connectivity index (χ1n) is 13.4. The summed E-state index contributed by atoms with van der Waals surface area (Å²) in [5.41, 5.74) is 2.83. The minimum Gasteiger partial charge on any atom is -0.494 e. The van der Waals surface area contributed by atoms with Crippen molar-refractivity contribution in [3.05, 3.63) is 94.5 Å². The van der Waals surface area contributed by atoms with Gasteiger partial charge in [-0.25, -0.2) is 4.98 Å². The molecule has 2 aromatic carbocycles. The highest BCUT2D eigenvalue weighted by molar-refractivity contribution is 5.84. The quantitative estimate of drug-likeness (QED) is 0.257. The monoisotopic (exact) mass is 532 g/mol. The van der Waals surface area contributed by atoms with E-state index < -0.39 is 0 Å². The van der Waals surface area contributed by atoms with E-state index in [1.54, 1.807) is 31.0 Å². The van der Waals surface area contributed by atoms with Crippen LogP contribution in [0.15, 0.2) is 77.9 Å². The molecular formula is C31H40N4O4. The Kier molecular flexibility index (Phi) is 13.2. The van der Waals surface area contributed by atoms with E-state index in [4.69, 9.17) is 9.72 Å². The molecule has 8 heteroatoms. The molecule has 0 radical (unpaired) electrons. The van der Waals surface area contributed by atoms with Gasteiger partial charge in [0.05, 0.1) is 19.1 Å². The van der Waals surface area contributed by atoms with Crippen molar-refractivity contribution in [2.24, 2.45) is 0 Å². The molecule has 4 aromatic rings. The number of para-hydroxylation sites is 1. The number of esters is 1. The number of aromatic nitrogens is 3. The van der Waals surface area contributed by atoms with E-state index in [0.29, 0.717) is 48.8 Å². The predicted octanol–water partition coefficient (Wildman–Crippen LogP) is 5.66. The molecule has 0 saturated heterocycles. The van der Waals surface area contributed by atoms with Crippen LogP contribution in [-0.2, 0) is 29.0 Å². The molecule has 0 unspecified atom stereocenters. The third kappa shape index (κ3) is 8.95. The van der Waals surface area contributed by atoms with Crippen LogP contribution in [0.2, 0.25) is 0 Å². The van der Waals surface area contributed by atoms with Gasteiger partial charge in [0.25, 0.3) is 5.56 Å². The van der Waals surface area contributed by atoms with Crippen molar-refractivity contribution in [3.63, 3.8) is 0 Å². The first-order chi connectivity index (χ1) is 19.0. The Morgan fingerprint density at radius 3 is 2.21 bits per heavy atom. The highest BCUT2D eigenvalue weighted by atomic mass is 16.5. The summed E-state index contributed by atoms with van der Waals surface area (Å²) in [7, 11) is 1.60. The second-order valence-electron chi connectivity index (χ2n) is 8.25. The molecule has 0 saturated carbocycles. The normalized spacial score (nSPS) is 10.0. The third-order valence-corrected chi connectivity index (χ3v) is 5.75. The van der Waals surface area contributed by atoms with E-state index in [-0.39, 0.29) is 11.5 Å². The summed E-state index contributed by atoms with van der Waals surface area (Å²) < 4.78 is 11.7. The van der Waals surface area contributed by atoms with E-state index in [1.807, 2.05) is 62.4 Å². The van der Waals surface area contributed by atoms with Gasteiger partial charge in [0.2, 0.25) is 5.95 Å². The van der Waals surface area contributed by atoms with Gasteiger partial charge in [0, 0.05) is 39.0 Å². The number of fused-ring (bicyclic) bond motifs is 1. The summed E-state index contributed by atoms with van der Waals surface area (Å²) >= 11 is 0. The molecule has 0 bridgehead atoms. The lowest BCUT2D eigenvalue weighted by atomic mass is 10.1. The van der Waals surface area contributed by atoms with Gasteiger partial charge >= 0.3 is 5.97 Å². The van der Waals surface area contributed by atoms with Crippen LogP contribution in [-0.4, -0.2) is 40.8 Å². The highest BCUT2D eigenvalue weighted by Gasteiger charge is 2.18. The van der Waals surface area contributed by atoms with Crippen molar-refractivity contribution in [3.8, 4) is 5.75 Å². The lowest BCUT2D eigenvalue weighted by Crippen LogP contribution is -2.33. The molecule has 208 valence electrons. The first kappa shape index (κ1) is 31.0. The van der Waals surface area contributed by atoms with Gasteiger partial charge in [0.1, 0.15) is 11.3 Å². The van der Waals surface area contributed by atoms with E-state index in [1.165, 1.54) is 12.5 Å². The average Bonchev–Trinajstić information content (AvgIpc) is 2.97. The Morgan fingerprint density at radius 1 is 0.949 bits per heavy atom. The number of aryl methyl sites for hydroxylation is 1. The number of methoxy groups -OCH3 is 1. The standard InChI is InChI=1S/C25H26N4O2.C4H8O2.C2H6/c1-3-28(18-20-12-15-26-16-13-20)25-27-23-21(10-7-11-22(23)31-2)24(30)29(25)17-14-19-8-5-4-6-9-19;1-3-6-4(2)5;1-2/h4-13,15-16H,3,14,17-18H2,1-2H3;3H2,1-2H3;1-2H3. The summed E-state index contributed by atoms with van der Waals surface area (Å²) in [5.74, 6) is 1.04. The number of anilines is 1. The smallest absolute Gasteiger partial charge is 0.302 e. The fourth-order valence-electron chi connectivity index (χ4n) is 3.94. The zero-order valence-corrected chi connectivity index (χ0v) is 23.9. The van der Waals surface area contributed by atoms with Crippen LogP contribution in [0.4, 0.5) is 5.95 Å². The molecule has 2 heterocycles. The van der Waals surface area contributed by atoms with Crippen LogP contribution >= 0.6 is 0 Å². The number of hydrogen-bond donors (Lipinski definition) is 0. The Labute approximate surface area is 231 Å². The fraction of sp³-hybridized carbons (Fsp3) is 0.355. The van der Waals surface area contributed by atoms with E-state index in [0.717, 1.165) is 12.0 Å². The Bertz CT molecular complexity index is 1340. The zero-order chi connectivity index (χ0) is 28.6. The predicted molar refractivity (Wildman–Crippen MR) is 157 cm³/mol. The van der Waals surface area contributed by atoms with Crippen LogP contribution in [0.1, 0.15) is 45.7 Å². The van der Waals surface area contributed by atoms with Gasteiger partial charge in [-0.15, -0.1) is 0 Å². The van der Waals surface area contributed by atoms with Gasteiger partial charge in [0.15, 0.2) is 0 Å². The number of nitrogens with zero attached hydrogens (tertiary/aromatic N) is 4. The molecule has 8 nitrogen and oxygen atoms in total. The summed E-state index contributed by atoms with van der Waals surface area (Å²) in [6.07, 6.45) is 4.31. The van der Waals surface area contributed by atoms with Gasteiger partial charge < -0.3 is 14.4 Å². The lowest BCUT2D eigenvalue weighted by molar-refractivity contribution is -0.140. The second kappa shape index (κ2) is 16.6. The van der Waals surface area contributed by atoms with Crippen molar-refractivity contribution in [1.29, 1.82) is 0 Å². The maximum atomic E-state index is 13.5. The molecule has 2 aromatic heterocycles. The van der Waals surface area contributed by atoms with Gasteiger partial charge in [-0.3, -0.25) is 19.1 Å². The minimum absolute atomic E-state index is 0.0528. The van der Waals surface area contributed by atoms with Gasteiger partial charge in [-0.2, -0.15) is 0 Å². The second-order valence-corrected chi connectivity index (χ2v) is 8.25. The molecule has 0 spiro atoms. The summed E-state index contributed by atoms with van der Waals surface area (Å²) in [4.78, 5) is 34.5. The van der Waals surface area contributed by atoms with Crippen LogP contribution < -0.4 is 15.2 Å². The van der Waals surface area contributed by atoms with E-state index in [9.17, 15) is 9.59 Å². The van der Waals surface area contributed by atoms with Crippen molar-refractivity contribution < 1.29 is 14.3 Å². The number of carbonyl (C=O) groups excluding carboxylic acids is 1. The van der Waals surface area contributed by atoms with Crippen molar-refractivity contribution >= 4 is 22.8 Å². The molecule has 0 aliphatic carbocycles. The number of ether oxygens (including phenoxy) is 2. The largest absolute Gasteiger partial charge is 0.494 e. The summed E-state index contributed by atoms with van der Waals surface area (Å²) in [6, 6.07) is 19.6. The Hall–Kier alpha value is -4.20. The molecule has 4 rings (SSSR count). The van der Waals surface area contributed by atoms with Crippen molar-refractivity contribution in [2.75, 3.05) is 25.2 Å². The zero-order valence-electron chi connectivity index (χ0n) is 23.9. The van der Waals surface area contributed by atoms with Gasteiger partial charge in [-0.05, 0) is 55.7 Å². The average molecular weight is 533 g/mol. The van der Waals surface area contributed by atoms with Crippen LogP contribution in [0.3, 0.4) is 0 Å². The number of carbonyl (C=O) groups is 1. The number of rotatable bonds is 9.